The zero-order valence-electron chi connectivity index (χ0n) is 14.4. The highest BCUT2D eigenvalue weighted by Gasteiger charge is 2.33. The van der Waals surface area contributed by atoms with Crippen molar-refractivity contribution in [3.63, 3.8) is 0 Å². The Labute approximate surface area is 154 Å². The smallest absolute Gasteiger partial charge is 0.418 e. The maximum absolute atomic E-state index is 12.8. The van der Waals surface area contributed by atoms with Crippen LogP contribution in [0.2, 0.25) is 0 Å². The first kappa shape index (κ1) is 20.5. The van der Waals surface area contributed by atoms with Crippen molar-refractivity contribution in [3.8, 4) is 5.75 Å². The van der Waals surface area contributed by atoms with Crippen molar-refractivity contribution in [1.82, 2.24) is 10.3 Å². The van der Waals surface area contributed by atoms with Crippen LogP contribution in [0.1, 0.15) is 17.5 Å². The first-order chi connectivity index (χ1) is 12.9. The molecule has 0 saturated carbocycles. The summed E-state index contributed by atoms with van der Waals surface area (Å²) in [5.41, 5.74) is -0.130. The predicted molar refractivity (Wildman–Crippen MR) is 93.2 cm³/mol. The summed E-state index contributed by atoms with van der Waals surface area (Å²) in [7, 11) is 0. The van der Waals surface area contributed by atoms with Crippen molar-refractivity contribution in [1.29, 1.82) is 0 Å². The van der Waals surface area contributed by atoms with Gasteiger partial charge in [-0.3, -0.25) is 9.78 Å². The largest absolute Gasteiger partial charge is 0.484 e. The van der Waals surface area contributed by atoms with Crippen molar-refractivity contribution >= 4 is 11.6 Å². The number of alkyl halides is 3. The van der Waals surface area contributed by atoms with Crippen LogP contribution in [0, 0.1) is 0 Å². The lowest BCUT2D eigenvalue weighted by atomic mass is 10.2. The molecule has 1 aromatic heterocycles. The third-order valence-corrected chi connectivity index (χ3v) is 3.59. The summed E-state index contributed by atoms with van der Waals surface area (Å²) >= 11 is 0. The Hall–Kier alpha value is -2.81. The number of aliphatic hydroxyl groups excluding tert-OH is 1. The van der Waals surface area contributed by atoms with Gasteiger partial charge in [-0.05, 0) is 30.2 Å². The number of carbonyl (C=O) groups is 1. The van der Waals surface area contributed by atoms with Gasteiger partial charge in [-0.2, -0.15) is 13.2 Å². The highest BCUT2D eigenvalue weighted by atomic mass is 19.4. The maximum atomic E-state index is 12.8. The van der Waals surface area contributed by atoms with E-state index in [4.69, 9.17) is 9.84 Å². The molecular weight excluding hydrogens is 363 g/mol. The molecular formula is C18H20F3N3O3. The minimum absolute atomic E-state index is 0.0711. The number of aliphatic hydroxyl groups is 1. The summed E-state index contributed by atoms with van der Waals surface area (Å²) in [6.07, 6.45) is -1.81. The molecule has 27 heavy (non-hydrogen) atoms. The third-order valence-electron chi connectivity index (χ3n) is 3.59. The molecule has 0 aliphatic carbocycles. The van der Waals surface area contributed by atoms with Crippen molar-refractivity contribution in [2.24, 2.45) is 0 Å². The number of pyridine rings is 1. The molecule has 0 saturated heterocycles. The first-order valence-corrected chi connectivity index (χ1v) is 8.24. The number of benzene rings is 1. The van der Waals surface area contributed by atoms with E-state index in [0.29, 0.717) is 18.7 Å². The van der Waals surface area contributed by atoms with Gasteiger partial charge in [-0.25, -0.2) is 0 Å². The molecule has 3 N–H and O–H groups in total. The van der Waals surface area contributed by atoms with Gasteiger partial charge in [-0.1, -0.05) is 12.1 Å². The number of anilines is 1. The van der Waals surface area contributed by atoms with Crippen LogP contribution in [-0.4, -0.2) is 35.7 Å². The zero-order valence-corrected chi connectivity index (χ0v) is 14.4. The molecule has 6 nitrogen and oxygen atoms in total. The van der Waals surface area contributed by atoms with E-state index in [1.807, 2.05) is 0 Å². The lowest BCUT2D eigenvalue weighted by Crippen LogP contribution is -2.30. The Kier molecular flexibility index (Phi) is 7.42. The Balaban J connectivity index is 1.66. The number of nitrogens with one attached hydrogen (secondary N) is 2. The van der Waals surface area contributed by atoms with E-state index in [9.17, 15) is 18.0 Å². The van der Waals surface area contributed by atoms with Crippen LogP contribution in [-0.2, 0) is 17.6 Å². The molecule has 146 valence electrons. The number of halogens is 3. The van der Waals surface area contributed by atoms with Crippen molar-refractivity contribution in [3.05, 3.63) is 53.9 Å². The quantitative estimate of drug-likeness (QED) is 0.580. The third kappa shape index (κ3) is 6.78. The summed E-state index contributed by atoms with van der Waals surface area (Å²) in [5, 5.41) is 14.2. The number of amides is 1. The minimum atomic E-state index is -4.45. The second-order valence-corrected chi connectivity index (χ2v) is 5.64. The standard InChI is InChI=1S/C18H20F3N3O3/c19-18(20,21)15-6-9-22-10-16(15)23-7-1-8-24-17(26)12-27-14-4-2-13(11-25)3-5-14/h2-6,9-10,23,25H,1,7-8,11-12H2,(H,24,26). The molecule has 2 aromatic rings. The first-order valence-electron chi connectivity index (χ1n) is 8.24. The topological polar surface area (TPSA) is 83.5 Å². The molecule has 0 atom stereocenters. The van der Waals surface area contributed by atoms with E-state index in [0.717, 1.165) is 24.0 Å². The summed E-state index contributed by atoms with van der Waals surface area (Å²) in [5.74, 6) is 0.166. The Morgan fingerprint density at radius 1 is 1.15 bits per heavy atom. The Morgan fingerprint density at radius 3 is 2.56 bits per heavy atom. The average molecular weight is 383 g/mol. The molecule has 0 aliphatic heterocycles. The normalized spacial score (nSPS) is 11.1. The van der Waals surface area contributed by atoms with E-state index >= 15 is 0 Å². The maximum Gasteiger partial charge on any atom is 0.418 e. The van der Waals surface area contributed by atoms with E-state index in [1.165, 1.54) is 0 Å². The molecule has 9 heteroatoms. The second kappa shape index (κ2) is 9.77. The molecule has 2 rings (SSSR count). The molecule has 0 radical (unpaired) electrons. The Bertz CT molecular complexity index is 737. The van der Waals surface area contributed by atoms with Gasteiger partial charge in [0.1, 0.15) is 5.75 Å². The summed E-state index contributed by atoms with van der Waals surface area (Å²) < 4.78 is 43.8. The van der Waals surface area contributed by atoms with Crippen LogP contribution in [0.5, 0.6) is 5.75 Å². The van der Waals surface area contributed by atoms with Crippen LogP contribution in [0.3, 0.4) is 0 Å². The number of carbonyl (C=O) groups excluding carboxylic acids is 1. The highest BCUT2D eigenvalue weighted by Crippen LogP contribution is 2.33. The van der Waals surface area contributed by atoms with E-state index < -0.39 is 11.7 Å². The number of nitrogens with zero attached hydrogens (tertiary/aromatic N) is 1. The summed E-state index contributed by atoms with van der Waals surface area (Å²) in [4.78, 5) is 15.4. The minimum Gasteiger partial charge on any atom is -0.484 e. The molecule has 1 heterocycles. The van der Waals surface area contributed by atoms with Gasteiger partial charge < -0.3 is 20.5 Å². The van der Waals surface area contributed by atoms with Gasteiger partial charge in [0.2, 0.25) is 0 Å². The van der Waals surface area contributed by atoms with E-state index in [2.05, 4.69) is 15.6 Å². The predicted octanol–water partition coefficient (Wildman–Crippen LogP) is 2.59. The van der Waals surface area contributed by atoms with Crippen LogP contribution in [0.25, 0.3) is 0 Å². The molecule has 0 aliphatic rings. The molecule has 0 bridgehead atoms. The molecule has 0 fully saturated rings. The lowest BCUT2D eigenvalue weighted by molar-refractivity contribution is -0.137. The number of ether oxygens (including phenoxy) is 1. The van der Waals surface area contributed by atoms with Gasteiger partial charge >= 0.3 is 6.18 Å². The fraction of sp³-hybridized carbons (Fsp3) is 0.333. The number of hydrogen-bond acceptors (Lipinski definition) is 5. The Morgan fingerprint density at radius 2 is 1.89 bits per heavy atom. The van der Waals surface area contributed by atoms with Gasteiger partial charge in [0, 0.05) is 19.3 Å². The van der Waals surface area contributed by atoms with Crippen molar-refractivity contribution in [2.75, 3.05) is 25.0 Å². The van der Waals surface area contributed by atoms with Crippen LogP contribution in [0.4, 0.5) is 18.9 Å². The van der Waals surface area contributed by atoms with Gasteiger partial charge in [-0.15, -0.1) is 0 Å². The molecule has 0 unspecified atom stereocenters. The average Bonchev–Trinajstić information content (AvgIpc) is 2.66. The van der Waals surface area contributed by atoms with E-state index in [-0.39, 0.29) is 31.4 Å². The van der Waals surface area contributed by atoms with Crippen molar-refractivity contribution in [2.45, 2.75) is 19.2 Å². The molecule has 0 spiro atoms. The van der Waals surface area contributed by atoms with Crippen molar-refractivity contribution < 1.29 is 27.8 Å². The molecule has 1 aromatic carbocycles. The van der Waals surface area contributed by atoms with Crippen LogP contribution < -0.4 is 15.4 Å². The zero-order chi connectivity index (χ0) is 19.7. The fourth-order valence-corrected chi connectivity index (χ4v) is 2.21. The van der Waals surface area contributed by atoms with Crippen LogP contribution in [0.15, 0.2) is 42.7 Å². The monoisotopic (exact) mass is 383 g/mol. The number of aromatic nitrogens is 1. The summed E-state index contributed by atoms with van der Waals surface area (Å²) in [6.45, 7) is 0.295. The summed E-state index contributed by atoms with van der Waals surface area (Å²) in [6, 6.07) is 7.58. The fourth-order valence-electron chi connectivity index (χ4n) is 2.21. The van der Waals surface area contributed by atoms with Gasteiger partial charge in [0.15, 0.2) is 6.61 Å². The second-order valence-electron chi connectivity index (χ2n) is 5.64. The number of rotatable bonds is 9. The van der Waals surface area contributed by atoms with E-state index in [1.54, 1.807) is 24.3 Å². The van der Waals surface area contributed by atoms with Gasteiger partial charge in [0.25, 0.3) is 5.91 Å². The molecule has 1 amide bonds. The SMILES string of the molecule is O=C(COc1ccc(CO)cc1)NCCCNc1cnccc1C(F)(F)F. The number of hydrogen-bond donors (Lipinski definition) is 3. The lowest BCUT2D eigenvalue weighted by Gasteiger charge is -2.14. The highest BCUT2D eigenvalue weighted by molar-refractivity contribution is 5.77. The van der Waals surface area contributed by atoms with Crippen LogP contribution >= 0.6 is 0 Å². The van der Waals surface area contributed by atoms with Gasteiger partial charge in [0.05, 0.1) is 24.1 Å².